The standard InChI is InChI=1S/C19H30N4O2.HI/c1-20-18(23-11-9-19(15-23)7-3-4-8-19)22-14-16-6-5-10-21-17(16)25-13-12-24-2;/h5-6,10H,3-4,7-9,11-15H2,1-2H3,(H,20,22);1H. The van der Waals surface area contributed by atoms with E-state index in [9.17, 15) is 0 Å². The monoisotopic (exact) mass is 474 g/mol. The van der Waals surface area contributed by atoms with Crippen LogP contribution in [0, 0.1) is 5.41 Å². The lowest BCUT2D eigenvalue weighted by Crippen LogP contribution is -2.40. The van der Waals surface area contributed by atoms with Crippen LogP contribution in [-0.2, 0) is 11.3 Å². The second-order valence-corrected chi connectivity index (χ2v) is 7.09. The number of likely N-dealkylation sites (tertiary alicyclic amines) is 1. The summed E-state index contributed by atoms with van der Waals surface area (Å²) in [5.41, 5.74) is 1.58. The average Bonchev–Trinajstić information content (AvgIpc) is 3.27. The molecule has 1 spiro atoms. The molecule has 0 bridgehead atoms. The molecule has 1 saturated heterocycles. The Balaban J connectivity index is 0.00000243. The van der Waals surface area contributed by atoms with Gasteiger partial charge in [-0.3, -0.25) is 4.99 Å². The number of hydrogen-bond acceptors (Lipinski definition) is 4. The largest absolute Gasteiger partial charge is 0.475 e. The Morgan fingerprint density at radius 1 is 1.31 bits per heavy atom. The third kappa shape index (κ3) is 5.22. The van der Waals surface area contributed by atoms with Crippen LogP contribution in [0.5, 0.6) is 5.88 Å². The van der Waals surface area contributed by atoms with Gasteiger partial charge in [0, 0.05) is 45.6 Å². The molecule has 0 unspecified atom stereocenters. The van der Waals surface area contributed by atoms with E-state index >= 15 is 0 Å². The van der Waals surface area contributed by atoms with Gasteiger partial charge < -0.3 is 19.7 Å². The smallest absolute Gasteiger partial charge is 0.218 e. The predicted octanol–water partition coefficient (Wildman–Crippen LogP) is 3.07. The van der Waals surface area contributed by atoms with Crippen LogP contribution in [0.1, 0.15) is 37.7 Å². The zero-order valence-electron chi connectivity index (χ0n) is 15.9. The summed E-state index contributed by atoms with van der Waals surface area (Å²) in [5.74, 6) is 1.65. The Hall–Kier alpha value is -1.09. The first kappa shape index (κ1) is 21.2. The van der Waals surface area contributed by atoms with E-state index < -0.39 is 0 Å². The summed E-state index contributed by atoms with van der Waals surface area (Å²) < 4.78 is 10.8. The predicted molar refractivity (Wildman–Crippen MR) is 114 cm³/mol. The maximum Gasteiger partial charge on any atom is 0.218 e. The van der Waals surface area contributed by atoms with Crippen molar-refractivity contribution >= 4 is 29.9 Å². The Morgan fingerprint density at radius 2 is 2.12 bits per heavy atom. The van der Waals surface area contributed by atoms with E-state index in [2.05, 4.69) is 20.2 Å². The fourth-order valence-electron chi connectivity index (χ4n) is 4.07. The van der Waals surface area contributed by atoms with Gasteiger partial charge in [-0.25, -0.2) is 4.98 Å². The highest BCUT2D eigenvalue weighted by molar-refractivity contribution is 14.0. The van der Waals surface area contributed by atoms with Crippen LogP contribution in [-0.4, -0.2) is 56.3 Å². The van der Waals surface area contributed by atoms with Gasteiger partial charge in [0.1, 0.15) is 6.61 Å². The summed E-state index contributed by atoms with van der Waals surface area (Å²) in [5, 5.41) is 3.49. The minimum absolute atomic E-state index is 0. The lowest BCUT2D eigenvalue weighted by Gasteiger charge is -2.26. The van der Waals surface area contributed by atoms with E-state index in [1.807, 2.05) is 19.2 Å². The number of aromatic nitrogens is 1. The molecule has 3 rings (SSSR count). The molecule has 0 amide bonds. The second kappa shape index (κ2) is 10.3. The summed E-state index contributed by atoms with van der Waals surface area (Å²) in [7, 11) is 3.53. The highest BCUT2D eigenvalue weighted by Crippen LogP contribution is 2.45. The molecule has 1 aliphatic carbocycles. The van der Waals surface area contributed by atoms with Crippen molar-refractivity contribution in [2.75, 3.05) is 40.5 Å². The molecule has 1 N–H and O–H groups in total. The molecular weight excluding hydrogens is 443 g/mol. The lowest BCUT2D eigenvalue weighted by atomic mass is 9.86. The van der Waals surface area contributed by atoms with E-state index in [1.54, 1.807) is 13.3 Å². The summed E-state index contributed by atoms with van der Waals surface area (Å²) >= 11 is 0. The molecule has 2 aliphatic rings. The number of rotatable bonds is 6. The zero-order valence-corrected chi connectivity index (χ0v) is 18.2. The Morgan fingerprint density at radius 3 is 2.85 bits per heavy atom. The number of guanidine groups is 1. The van der Waals surface area contributed by atoms with Gasteiger partial charge in [-0.2, -0.15) is 0 Å². The highest BCUT2D eigenvalue weighted by atomic mass is 127. The van der Waals surface area contributed by atoms with Crippen LogP contribution in [0.15, 0.2) is 23.3 Å². The van der Waals surface area contributed by atoms with Crippen molar-refractivity contribution in [1.29, 1.82) is 0 Å². The first-order valence-corrected chi connectivity index (χ1v) is 9.28. The molecule has 0 atom stereocenters. The van der Waals surface area contributed by atoms with Crippen LogP contribution in [0.2, 0.25) is 0 Å². The molecule has 6 nitrogen and oxygen atoms in total. The van der Waals surface area contributed by atoms with Crippen LogP contribution in [0.3, 0.4) is 0 Å². The minimum atomic E-state index is 0. The van der Waals surface area contributed by atoms with Gasteiger partial charge in [-0.05, 0) is 30.7 Å². The minimum Gasteiger partial charge on any atom is -0.475 e. The van der Waals surface area contributed by atoms with E-state index in [4.69, 9.17) is 9.47 Å². The number of methoxy groups -OCH3 is 1. The van der Waals surface area contributed by atoms with Gasteiger partial charge in [0.25, 0.3) is 0 Å². The Bertz CT molecular complexity index is 591. The summed E-state index contributed by atoms with van der Waals surface area (Å²) in [6, 6.07) is 3.98. The van der Waals surface area contributed by atoms with Gasteiger partial charge in [-0.1, -0.05) is 18.9 Å². The Kier molecular flexibility index (Phi) is 8.40. The van der Waals surface area contributed by atoms with Crippen LogP contribution in [0.25, 0.3) is 0 Å². The quantitative estimate of drug-likeness (QED) is 0.297. The number of aliphatic imine (C=N–C) groups is 1. The molecule has 7 heteroatoms. The topological polar surface area (TPSA) is 59.0 Å². The molecule has 1 aromatic rings. The van der Waals surface area contributed by atoms with Gasteiger partial charge in [0.05, 0.1) is 6.61 Å². The maximum atomic E-state index is 5.72. The third-order valence-corrected chi connectivity index (χ3v) is 5.43. The fourth-order valence-corrected chi connectivity index (χ4v) is 4.07. The van der Waals surface area contributed by atoms with Gasteiger partial charge in [0.2, 0.25) is 5.88 Å². The molecule has 2 heterocycles. The van der Waals surface area contributed by atoms with Crippen molar-refractivity contribution in [1.82, 2.24) is 15.2 Å². The van der Waals surface area contributed by atoms with Crippen molar-refractivity contribution in [2.24, 2.45) is 10.4 Å². The van der Waals surface area contributed by atoms with Crippen molar-refractivity contribution in [3.63, 3.8) is 0 Å². The Labute approximate surface area is 173 Å². The maximum absolute atomic E-state index is 5.72. The lowest BCUT2D eigenvalue weighted by molar-refractivity contribution is 0.143. The molecule has 146 valence electrons. The number of halogens is 1. The first-order chi connectivity index (χ1) is 12.3. The average molecular weight is 474 g/mol. The van der Waals surface area contributed by atoms with Crippen molar-refractivity contribution in [3.8, 4) is 5.88 Å². The van der Waals surface area contributed by atoms with Crippen molar-refractivity contribution < 1.29 is 9.47 Å². The number of nitrogens with zero attached hydrogens (tertiary/aromatic N) is 3. The zero-order chi connectivity index (χ0) is 17.5. The van der Waals surface area contributed by atoms with E-state index in [0.717, 1.165) is 24.6 Å². The van der Waals surface area contributed by atoms with E-state index in [1.165, 1.54) is 32.1 Å². The molecule has 0 radical (unpaired) electrons. The number of hydrogen-bond donors (Lipinski definition) is 1. The normalized spacial score (nSPS) is 18.8. The van der Waals surface area contributed by atoms with E-state index in [-0.39, 0.29) is 24.0 Å². The number of nitrogens with one attached hydrogen (secondary N) is 1. The molecule has 1 saturated carbocycles. The number of pyridine rings is 1. The molecule has 1 aliphatic heterocycles. The summed E-state index contributed by atoms with van der Waals surface area (Å²) in [4.78, 5) is 11.2. The van der Waals surface area contributed by atoms with E-state index in [0.29, 0.717) is 31.1 Å². The van der Waals surface area contributed by atoms with Crippen molar-refractivity contribution in [2.45, 2.75) is 38.6 Å². The molecule has 2 fully saturated rings. The summed E-state index contributed by atoms with van der Waals surface area (Å²) in [6.45, 7) is 3.96. The molecular formula is C19H31IN4O2. The van der Waals surface area contributed by atoms with Crippen LogP contribution in [0.4, 0.5) is 0 Å². The molecule has 1 aromatic heterocycles. The van der Waals surface area contributed by atoms with Gasteiger partial charge in [-0.15, -0.1) is 24.0 Å². The van der Waals surface area contributed by atoms with Crippen LogP contribution >= 0.6 is 24.0 Å². The number of ether oxygens (including phenoxy) is 2. The molecule has 26 heavy (non-hydrogen) atoms. The van der Waals surface area contributed by atoms with Gasteiger partial charge >= 0.3 is 0 Å². The molecule has 0 aromatic carbocycles. The van der Waals surface area contributed by atoms with Gasteiger partial charge in [0.15, 0.2) is 5.96 Å². The third-order valence-electron chi connectivity index (χ3n) is 5.43. The van der Waals surface area contributed by atoms with Crippen molar-refractivity contribution in [3.05, 3.63) is 23.9 Å². The second-order valence-electron chi connectivity index (χ2n) is 7.09. The SMILES string of the molecule is CN=C(NCc1cccnc1OCCOC)N1CCC2(CCCC2)C1.I. The first-order valence-electron chi connectivity index (χ1n) is 9.28. The fraction of sp³-hybridized carbons (Fsp3) is 0.684. The highest BCUT2D eigenvalue weighted by Gasteiger charge is 2.41. The summed E-state index contributed by atoms with van der Waals surface area (Å²) in [6.07, 6.45) is 8.58. The van der Waals surface area contributed by atoms with Crippen LogP contribution < -0.4 is 10.1 Å².